The van der Waals surface area contributed by atoms with Gasteiger partial charge in [-0.25, -0.2) is 0 Å². The lowest BCUT2D eigenvalue weighted by molar-refractivity contribution is 0.115. The van der Waals surface area contributed by atoms with Gasteiger partial charge in [-0.05, 0) is 69.6 Å². The van der Waals surface area contributed by atoms with Gasteiger partial charge in [-0.3, -0.25) is 0 Å². The standard InChI is InChI=1S/C21H32ClNO2.C2H6/c1-3-7-17(4-2)8-5-6-9-18-10-11-19(20(22)14-18)12-13-21(23,15-24)16-25;1-2/h3-4,7,10-11,14,24-25H,5-6,8-9,12-13,15-16,23H2,1-2H3;1-2H3/b7-3-,17-4+;. The van der Waals surface area contributed by atoms with Gasteiger partial charge in [0.1, 0.15) is 0 Å². The van der Waals surface area contributed by atoms with Gasteiger partial charge in [0.15, 0.2) is 0 Å². The fraction of sp³-hybridized carbons (Fsp3) is 0.565. The number of benzene rings is 1. The summed E-state index contributed by atoms with van der Waals surface area (Å²) < 4.78 is 0. The third kappa shape index (κ3) is 10.1. The number of hydrogen-bond donors (Lipinski definition) is 3. The third-order valence-corrected chi connectivity index (χ3v) is 4.92. The van der Waals surface area contributed by atoms with Crippen LogP contribution in [-0.4, -0.2) is 29.0 Å². The van der Waals surface area contributed by atoms with Crippen molar-refractivity contribution in [2.75, 3.05) is 13.2 Å². The van der Waals surface area contributed by atoms with Crippen LogP contribution in [0.2, 0.25) is 5.02 Å². The number of unbranched alkanes of at least 4 members (excludes halogenated alkanes) is 1. The zero-order chi connectivity index (χ0) is 20.7. The highest BCUT2D eigenvalue weighted by atomic mass is 35.5. The van der Waals surface area contributed by atoms with Crippen LogP contribution in [0.4, 0.5) is 0 Å². The van der Waals surface area contributed by atoms with Crippen LogP contribution in [0.5, 0.6) is 0 Å². The molecule has 1 rings (SSSR count). The highest BCUT2D eigenvalue weighted by molar-refractivity contribution is 6.31. The monoisotopic (exact) mass is 395 g/mol. The topological polar surface area (TPSA) is 66.5 Å². The molecule has 27 heavy (non-hydrogen) atoms. The van der Waals surface area contributed by atoms with Crippen LogP contribution in [0.15, 0.2) is 42.0 Å². The van der Waals surface area contributed by atoms with Crippen LogP contribution in [0.3, 0.4) is 0 Å². The predicted molar refractivity (Wildman–Crippen MR) is 118 cm³/mol. The molecule has 0 radical (unpaired) electrons. The average molecular weight is 396 g/mol. The summed E-state index contributed by atoms with van der Waals surface area (Å²) in [4.78, 5) is 0. The van der Waals surface area contributed by atoms with Gasteiger partial charge in [0, 0.05) is 5.02 Å². The van der Waals surface area contributed by atoms with Crippen LogP contribution in [0.25, 0.3) is 0 Å². The first-order chi connectivity index (χ1) is 13.0. The van der Waals surface area contributed by atoms with E-state index in [0.29, 0.717) is 12.8 Å². The Morgan fingerprint density at radius 2 is 1.78 bits per heavy atom. The van der Waals surface area contributed by atoms with Crippen molar-refractivity contribution in [1.82, 2.24) is 0 Å². The normalized spacial score (nSPS) is 12.2. The maximum Gasteiger partial charge on any atom is 0.0633 e. The molecule has 0 unspecified atom stereocenters. The van der Waals surface area contributed by atoms with Gasteiger partial charge >= 0.3 is 0 Å². The summed E-state index contributed by atoms with van der Waals surface area (Å²) in [6.45, 7) is 7.65. The molecule has 0 aliphatic carbocycles. The van der Waals surface area contributed by atoms with Crippen molar-refractivity contribution in [3.05, 3.63) is 58.1 Å². The molecule has 1 aromatic rings. The molecule has 4 heteroatoms. The Morgan fingerprint density at radius 1 is 1.11 bits per heavy atom. The van der Waals surface area contributed by atoms with E-state index in [1.54, 1.807) is 0 Å². The van der Waals surface area contributed by atoms with Gasteiger partial charge in [-0.15, -0.1) is 0 Å². The van der Waals surface area contributed by atoms with E-state index in [1.807, 2.05) is 32.9 Å². The lowest BCUT2D eigenvalue weighted by Crippen LogP contribution is -2.47. The summed E-state index contributed by atoms with van der Waals surface area (Å²) in [5.74, 6) is 0. The molecule has 0 aliphatic heterocycles. The van der Waals surface area contributed by atoms with E-state index in [-0.39, 0.29) is 13.2 Å². The highest BCUT2D eigenvalue weighted by Gasteiger charge is 2.22. The van der Waals surface area contributed by atoms with Crippen molar-refractivity contribution in [3.63, 3.8) is 0 Å². The summed E-state index contributed by atoms with van der Waals surface area (Å²) in [6, 6.07) is 6.17. The maximum atomic E-state index is 9.26. The lowest BCUT2D eigenvalue weighted by Gasteiger charge is -2.24. The molecule has 0 bridgehead atoms. The van der Waals surface area contributed by atoms with E-state index < -0.39 is 5.54 Å². The second-order valence-electron chi connectivity index (χ2n) is 6.68. The Balaban J connectivity index is 0.00000326. The number of nitrogens with two attached hydrogens (primary N) is 1. The van der Waals surface area contributed by atoms with Gasteiger partial charge < -0.3 is 15.9 Å². The first-order valence-corrected chi connectivity index (χ1v) is 10.4. The van der Waals surface area contributed by atoms with E-state index in [9.17, 15) is 10.2 Å². The van der Waals surface area contributed by atoms with Gasteiger partial charge in [0.25, 0.3) is 0 Å². The minimum absolute atomic E-state index is 0.235. The highest BCUT2D eigenvalue weighted by Crippen LogP contribution is 2.23. The first kappa shape index (κ1) is 25.9. The first-order valence-electron chi connectivity index (χ1n) is 10.0. The Morgan fingerprint density at radius 3 is 2.30 bits per heavy atom. The summed E-state index contributed by atoms with van der Waals surface area (Å²) in [5, 5.41) is 19.3. The maximum absolute atomic E-state index is 9.26. The summed E-state index contributed by atoms with van der Waals surface area (Å²) in [6.07, 6.45) is 12.0. The molecular weight excluding hydrogens is 358 g/mol. The second-order valence-corrected chi connectivity index (χ2v) is 7.08. The van der Waals surface area contributed by atoms with Crippen molar-refractivity contribution in [1.29, 1.82) is 0 Å². The van der Waals surface area contributed by atoms with E-state index in [0.717, 1.165) is 36.3 Å². The zero-order valence-corrected chi connectivity index (χ0v) is 18.2. The Kier molecular flexibility index (Phi) is 14.2. The molecule has 0 heterocycles. The average Bonchev–Trinajstić information content (AvgIpc) is 2.70. The zero-order valence-electron chi connectivity index (χ0n) is 17.5. The van der Waals surface area contributed by atoms with Gasteiger partial charge in [-0.2, -0.15) is 0 Å². The number of aliphatic hydroxyl groups is 2. The van der Waals surface area contributed by atoms with Crippen molar-refractivity contribution < 1.29 is 10.2 Å². The number of rotatable bonds is 11. The summed E-state index contributed by atoms with van der Waals surface area (Å²) in [7, 11) is 0. The molecular formula is C23H38ClNO2. The Bertz CT molecular complexity index is 578. The molecule has 0 saturated carbocycles. The lowest BCUT2D eigenvalue weighted by atomic mass is 9.93. The van der Waals surface area contributed by atoms with Crippen molar-refractivity contribution in [2.24, 2.45) is 5.73 Å². The van der Waals surface area contributed by atoms with E-state index in [1.165, 1.54) is 11.1 Å². The van der Waals surface area contributed by atoms with E-state index >= 15 is 0 Å². The number of allylic oxidation sites excluding steroid dienone is 4. The Labute approximate surface area is 170 Å². The molecule has 1 aromatic carbocycles. The SMILES string of the molecule is C/C=C\C(=C/C)CCCCc1ccc(CCC(N)(CO)CO)c(Cl)c1.CC. The van der Waals surface area contributed by atoms with Crippen LogP contribution < -0.4 is 5.73 Å². The molecule has 154 valence electrons. The smallest absolute Gasteiger partial charge is 0.0633 e. The van der Waals surface area contributed by atoms with E-state index in [4.69, 9.17) is 17.3 Å². The molecule has 0 saturated heterocycles. The van der Waals surface area contributed by atoms with Crippen LogP contribution in [0.1, 0.15) is 64.5 Å². The fourth-order valence-corrected chi connectivity index (χ4v) is 3.03. The van der Waals surface area contributed by atoms with Crippen LogP contribution in [0, 0.1) is 0 Å². The minimum atomic E-state index is -0.945. The largest absolute Gasteiger partial charge is 0.394 e. The molecule has 0 atom stereocenters. The number of hydrogen-bond acceptors (Lipinski definition) is 3. The molecule has 0 aliphatic rings. The van der Waals surface area contributed by atoms with Crippen molar-refractivity contribution in [3.8, 4) is 0 Å². The summed E-state index contributed by atoms with van der Waals surface area (Å²) in [5.41, 5.74) is 8.60. The van der Waals surface area contributed by atoms with E-state index in [2.05, 4.69) is 31.2 Å². The van der Waals surface area contributed by atoms with Crippen LogP contribution >= 0.6 is 11.6 Å². The molecule has 4 N–H and O–H groups in total. The predicted octanol–water partition coefficient (Wildman–Crippen LogP) is 5.22. The summed E-state index contributed by atoms with van der Waals surface area (Å²) >= 11 is 6.39. The van der Waals surface area contributed by atoms with Crippen molar-refractivity contribution in [2.45, 2.75) is 71.8 Å². The quantitative estimate of drug-likeness (QED) is 0.355. The third-order valence-electron chi connectivity index (χ3n) is 4.57. The van der Waals surface area contributed by atoms with Crippen molar-refractivity contribution >= 4 is 11.6 Å². The molecule has 0 fully saturated rings. The number of aryl methyl sites for hydroxylation is 2. The molecule has 0 amide bonds. The minimum Gasteiger partial charge on any atom is -0.394 e. The van der Waals surface area contributed by atoms with Gasteiger partial charge in [0.05, 0.1) is 18.8 Å². The second kappa shape index (κ2) is 14.9. The number of aliphatic hydroxyl groups excluding tert-OH is 2. The molecule has 0 spiro atoms. The fourth-order valence-electron chi connectivity index (χ4n) is 2.74. The van der Waals surface area contributed by atoms with Crippen LogP contribution in [-0.2, 0) is 12.8 Å². The molecule has 0 aromatic heterocycles. The molecule has 3 nitrogen and oxygen atoms in total. The van der Waals surface area contributed by atoms with Gasteiger partial charge in [0.2, 0.25) is 0 Å². The number of halogens is 1. The van der Waals surface area contributed by atoms with Gasteiger partial charge in [-0.1, -0.05) is 61.4 Å². The Hall–Kier alpha value is -1.13.